The second kappa shape index (κ2) is 7.09. The number of anilines is 2. The van der Waals surface area contributed by atoms with Crippen LogP contribution in [0.4, 0.5) is 11.4 Å². The average Bonchev–Trinajstić information content (AvgIpc) is 3.39. The molecule has 0 aromatic heterocycles. The first kappa shape index (κ1) is 17.2. The maximum absolute atomic E-state index is 12.4. The number of hydrogen-bond donors (Lipinski definition) is 2. The molecular weight excluding hydrogens is 312 g/mol. The molecule has 0 heterocycles. The molecule has 1 saturated carbocycles. The van der Waals surface area contributed by atoms with Gasteiger partial charge in [0.15, 0.2) is 0 Å². The van der Waals surface area contributed by atoms with Crippen molar-refractivity contribution in [2.45, 2.75) is 33.6 Å². The summed E-state index contributed by atoms with van der Waals surface area (Å²) in [4.78, 5) is 24.8. The molecule has 4 nitrogen and oxygen atoms in total. The van der Waals surface area contributed by atoms with Crippen molar-refractivity contribution in [1.29, 1.82) is 0 Å². The van der Waals surface area contributed by atoms with Gasteiger partial charge < -0.3 is 10.6 Å². The molecule has 1 fully saturated rings. The zero-order valence-corrected chi connectivity index (χ0v) is 14.9. The normalized spacial score (nSPS) is 18.5. The highest BCUT2D eigenvalue weighted by atomic mass is 16.2. The summed E-state index contributed by atoms with van der Waals surface area (Å²) < 4.78 is 0. The lowest BCUT2D eigenvalue weighted by atomic mass is 10.1. The molecule has 0 radical (unpaired) electrons. The minimum atomic E-state index is -0.240. The largest absolute Gasteiger partial charge is 0.326 e. The summed E-state index contributed by atoms with van der Waals surface area (Å²) in [5.74, 6) is -0.625. The van der Waals surface area contributed by atoms with Gasteiger partial charge in [-0.2, -0.15) is 0 Å². The van der Waals surface area contributed by atoms with Gasteiger partial charge >= 0.3 is 0 Å². The smallest absolute Gasteiger partial charge is 0.228 e. The fourth-order valence-corrected chi connectivity index (χ4v) is 3.00. The second-order valence-electron chi connectivity index (χ2n) is 6.74. The second-order valence-corrected chi connectivity index (χ2v) is 6.74. The van der Waals surface area contributed by atoms with Crippen molar-refractivity contribution in [1.82, 2.24) is 0 Å². The third-order valence-electron chi connectivity index (χ3n) is 4.89. The number of aryl methyl sites for hydroxylation is 3. The lowest BCUT2D eigenvalue weighted by Gasteiger charge is -2.10. The van der Waals surface area contributed by atoms with Crippen molar-refractivity contribution in [2.24, 2.45) is 11.8 Å². The van der Waals surface area contributed by atoms with Crippen molar-refractivity contribution in [3.63, 3.8) is 0 Å². The summed E-state index contributed by atoms with van der Waals surface area (Å²) in [7, 11) is 0. The Balaban J connectivity index is 1.58. The standard InChI is InChI=1S/C21H24N2O2/c1-4-15-7-5-6-8-19(15)23-21(25)18-12-17(18)20(24)22-16-10-9-13(2)14(3)11-16/h5-11,17-18H,4,12H2,1-3H3,(H,22,24)(H,23,25). The third kappa shape index (κ3) is 3.90. The van der Waals surface area contributed by atoms with Gasteiger partial charge in [0, 0.05) is 11.4 Å². The molecule has 2 atom stereocenters. The predicted octanol–water partition coefficient (Wildman–Crippen LogP) is 4.08. The van der Waals surface area contributed by atoms with Crippen LogP contribution in [0.25, 0.3) is 0 Å². The van der Waals surface area contributed by atoms with Gasteiger partial charge in [-0.25, -0.2) is 0 Å². The van der Waals surface area contributed by atoms with Crippen molar-refractivity contribution in [3.8, 4) is 0 Å². The van der Waals surface area contributed by atoms with Crippen LogP contribution >= 0.6 is 0 Å². The quantitative estimate of drug-likeness (QED) is 0.864. The maximum Gasteiger partial charge on any atom is 0.228 e. The van der Waals surface area contributed by atoms with E-state index < -0.39 is 0 Å². The number of carbonyl (C=O) groups is 2. The van der Waals surface area contributed by atoms with Crippen LogP contribution in [0, 0.1) is 25.7 Å². The molecule has 1 aliphatic rings. The van der Waals surface area contributed by atoms with Crippen molar-refractivity contribution in [2.75, 3.05) is 10.6 Å². The monoisotopic (exact) mass is 336 g/mol. The van der Waals surface area contributed by atoms with E-state index in [9.17, 15) is 9.59 Å². The van der Waals surface area contributed by atoms with E-state index in [1.807, 2.05) is 56.3 Å². The van der Waals surface area contributed by atoms with Gasteiger partial charge in [0.2, 0.25) is 11.8 Å². The van der Waals surface area contributed by atoms with E-state index in [4.69, 9.17) is 0 Å². The van der Waals surface area contributed by atoms with Crippen LogP contribution in [0.2, 0.25) is 0 Å². The van der Waals surface area contributed by atoms with Crippen molar-refractivity contribution >= 4 is 23.2 Å². The van der Waals surface area contributed by atoms with Crippen LogP contribution < -0.4 is 10.6 Å². The molecule has 2 amide bonds. The number of para-hydroxylation sites is 1. The molecule has 130 valence electrons. The summed E-state index contributed by atoms with van der Waals surface area (Å²) in [6, 6.07) is 13.6. The zero-order chi connectivity index (χ0) is 18.0. The minimum Gasteiger partial charge on any atom is -0.326 e. The fraction of sp³-hybridized carbons (Fsp3) is 0.333. The summed E-state index contributed by atoms with van der Waals surface area (Å²) in [5, 5.41) is 5.89. The highest BCUT2D eigenvalue weighted by Crippen LogP contribution is 2.40. The highest BCUT2D eigenvalue weighted by molar-refractivity contribution is 6.03. The lowest BCUT2D eigenvalue weighted by molar-refractivity contribution is -0.122. The molecule has 0 spiro atoms. The summed E-state index contributed by atoms with van der Waals surface area (Å²) in [5.41, 5.74) is 5.06. The number of carbonyl (C=O) groups excluding carboxylic acids is 2. The Morgan fingerprint density at radius 2 is 1.64 bits per heavy atom. The Labute approximate surface area is 148 Å². The molecule has 2 aromatic rings. The molecule has 0 aliphatic heterocycles. The number of benzene rings is 2. The van der Waals surface area contributed by atoms with Crippen LogP contribution in [0.3, 0.4) is 0 Å². The Hall–Kier alpha value is -2.62. The minimum absolute atomic E-state index is 0.0684. The number of rotatable bonds is 5. The molecular formula is C21H24N2O2. The molecule has 25 heavy (non-hydrogen) atoms. The van der Waals surface area contributed by atoms with Crippen LogP contribution in [-0.4, -0.2) is 11.8 Å². The van der Waals surface area contributed by atoms with Gasteiger partial charge in [-0.3, -0.25) is 9.59 Å². The topological polar surface area (TPSA) is 58.2 Å². The molecule has 2 N–H and O–H groups in total. The Kier molecular flexibility index (Phi) is 4.88. The Morgan fingerprint density at radius 3 is 2.32 bits per heavy atom. The van der Waals surface area contributed by atoms with Crippen LogP contribution in [0.15, 0.2) is 42.5 Å². The summed E-state index contributed by atoms with van der Waals surface area (Å²) in [6.45, 7) is 6.11. The number of nitrogens with one attached hydrogen (secondary N) is 2. The van der Waals surface area contributed by atoms with E-state index in [1.165, 1.54) is 5.56 Å². The van der Waals surface area contributed by atoms with Gasteiger partial charge in [0.05, 0.1) is 11.8 Å². The van der Waals surface area contributed by atoms with Crippen LogP contribution in [-0.2, 0) is 16.0 Å². The lowest BCUT2D eigenvalue weighted by Crippen LogP contribution is -2.21. The molecule has 3 rings (SSSR count). The first-order valence-electron chi connectivity index (χ1n) is 8.76. The Morgan fingerprint density at radius 1 is 0.960 bits per heavy atom. The fourth-order valence-electron chi connectivity index (χ4n) is 3.00. The van der Waals surface area contributed by atoms with Gasteiger partial charge in [0.25, 0.3) is 0 Å². The van der Waals surface area contributed by atoms with Crippen molar-refractivity contribution < 1.29 is 9.59 Å². The number of hydrogen-bond acceptors (Lipinski definition) is 2. The molecule has 0 bridgehead atoms. The Bertz CT molecular complexity index is 813. The van der Waals surface area contributed by atoms with Crippen LogP contribution in [0.1, 0.15) is 30.0 Å². The molecule has 1 aliphatic carbocycles. The first-order valence-corrected chi connectivity index (χ1v) is 8.76. The van der Waals surface area contributed by atoms with E-state index in [1.54, 1.807) is 0 Å². The third-order valence-corrected chi connectivity index (χ3v) is 4.89. The van der Waals surface area contributed by atoms with Gasteiger partial charge in [-0.1, -0.05) is 31.2 Å². The molecule has 2 aromatic carbocycles. The summed E-state index contributed by atoms with van der Waals surface area (Å²) in [6.07, 6.45) is 1.47. The predicted molar refractivity (Wildman–Crippen MR) is 101 cm³/mol. The van der Waals surface area contributed by atoms with E-state index in [0.29, 0.717) is 6.42 Å². The van der Waals surface area contributed by atoms with Crippen molar-refractivity contribution in [3.05, 3.63) is 59.2 Å². The van der Waals surface area contributed by atoms with Gasteiger partial charge in [0.1, 0.15) is 0 Å². The maximum atomic E-state index is 12.4. The molecule has 4 heteroatoms. The van der Waals surface area contributed by atoms with Crippen LogP contribution in [0.5, 0.6) is 0 Å². The zero-order valence-electron chi connectivity index (χ0n) is 14.9. The highest BCUT2D eigenvalue weighted by Gasteiger charge is 2.48. The molecule has 2 unspecified atom stereocenters. The SMILES string of the molecule is CCc1ccccc1NC(=O)C1CC1C(=O)Nc1ccc(C)c(C)c1. The first-order chi connectivity index (χ1) is 12.0. The van der Waals surface area contributed by atoms with E-state index in [2.05, 4.69) is 17.6 Å². The summed E-state index contributed by atoms with van der Waals surface area (Å²) >= 11 is 0. The molecule has 0 saturated heterocycles. The number of amides is 2. The van der Waals surface area contributed by atoms with E-state index in [-0.39, 0.29) is 23.7 Å². The van der Waals surface area contributed by atoms with E-state index >= 15 is 0 Å². The van der Waals surface area contributed by atoms with Gasteiger partial charge in [-0.15, -0.1) is 0 Å². The van der Waals surface area contributed by atoms with Gasteiger partial charge in [-0.05, 0) is 61.6 Å². The average molecular weight is 336 g/mol. The van der Waals surface area contributed by atoms with E-state index in [0.717, 1.165) is 28.9 Å².